The minimum absolute atomic E-state index is 0.705. The van der Waals surface area contributed by atoms with Crippen molar-refractivity contribution in [2.75, 3.05) is 0 Å². The van der Waals surface area contributed by atoms with Crippen molar-refractivity contribution in [3.63, 3.8) is 0 Å². The molecule has 0 spiro atoms. The summed E-state index contributed by atoms with van der Waals surface area (Å²) in [6.45, 7) is 0. The van der Waals surface area contributed by atoms with Crippen molar-refractivity contribution in [2.24, 2.45) is 0 Å². The molecule has 10 rings (SSSR count). The van der Waals surface area contributed by atoms with Crippen molar-refractivity contribution in [1.29, 1.82) is 0 Å². The third kappa shape index (κ3) is 5.06. The zero-order chi connectivity index (χ0) is 33.7. The van der Waals surface area contributed by atoms with Gasteiger partial charge in [0.05, 0.1) is 11.4 Å². The van der Waals surface area contributed by atoms with Crippen molar-refractivity contribution in [3.05, 3.63) is 182 Å². The van der Waals surface area contributed by atoms with Gasteiger partial charge in [-0.15, -0.1) is 0 Å². The molecule has 0 aliphatic heterocycles. The molecule has 8 aromatic carbocycles. The van der Waals surface area contributed by atoms with Crippen LogP contribution in [0.4, 0.5) is 0 Å². The molecule has 238 valence electrons. The number of rotatable bonds is 5. The van der Waals surface area contributed by atoms with E-state index in [2.05, 4.69) is 146 Å². The Morgan fingerprint density at radius 1 is 0.333 bits per heavy atom. The van der Waals surface area contributed by atoms with Crippen LogP contribution in [0.2, 0.25) is 0 Å². The lowest BCUT2D eigenvalue weighted by atomic mass is 9.92. The van der Waals surface area contributed by atoms with Gasteiger partial charge in [0.1, 0.15) is 11.2 Å². The first-order valence-electron chi connectivity index (χ1n) is 17.2. The van der Waals surface area contributed by atoms with Gasteiger partial charge in [-0.2, -0.15) is 0 Å². The fourth-order valence-corrected chi connectivity index (χ4v) is 7.39. The predicted octanol–water partition coefficient (Wildman–Crippen LogP) is 13.0. The second-order valence-electron chi connectivity index (χ2n) is 13.0. The van der Waals surface area contributed by atoms with Gasteiger partial charge in [-0.3, -0.25) is 0 Å². The summed E-state index contributed by atoms with van der Waals surface area (Å²) < 4.78 is 6.73. The van der Waals surface area contributed by atoms with Crippen LogP contribution in [0.5, 0.6) is 0 Å². The smallest absolute Gasteiger partial charge is 0.160 e. The van der Waals surface area contributed by atoms with E-state index < -0.39 is 0 Å². The quantitative estimate of drug-likeness (QED) is 0.186. The van der Waals surface area contributed by atoms with Gasteiger partial charge in [-0.1, -0.05) is 152 Å². The van der Waals surface area contributed by atoms with Gasteiger partial charge in [0.2, 0.25) is 0 Å². The monoisotopic (exact) mass is 650 g/mol. The number of aromatic nitrogens is 2. The summed E-state index contributed by atoms with van der Waals surface area (Å²) in [4.78, 5) is 10.0. The van der Waals surface area contributed by atoms with Crippen molar-refractivity contribution in [3.8, 4) is 56.2 Å². The van der Waals surface area contributed by atoms with Crippen LogP contribution in [-0.4, -0.2) is 9.97 Å². The van der Waals surface area contributed by atoms with E-state index in [1.54, 1.807) is 0 Å². The van der Waals surface area contributed by atoms with Crippen LogP contribution in [0.25, 0.3) is 99.6 Å². The van der Waals surface area contributed by atoms with E-state index in [4.69, 9.17) is 14.4 Å². The van der Waals surface area contributed by atoms with E-state index in [9.17, 15) is 0 Å². The molecular weight excluding hydrogens is 621 g/mol. The molecular formula is C48H30N2O. The molecule has 0 radical (unpaired) electrons. The van der Waals surface area contributed by atoms with E-state index in [1.807, 2.05) is 36.4 Å². The maximum Gasteiger partial charge on any atom is 0.160 e. The Morgan fingerprint density at radius 2 is 0.941 bits per heavy atom. The van der Waals surface area contributed by atoms with E-state index in [0.717, 1.165) is 66.5 Å². The van der Waals surface area contributed by atoms with Gasteiger partial charge >= 0.3 is 0 Å². The number of furan rings is 1. The van der Waals surface area contributed by atoms with Crippen LogP contribution in [0.15, 0.2) is 186 Å². The number of hydrogen-bond acceptors (Lipinski definition) is 3. The van der Waals surface area contributed by atoms with Gasteiger partial charge in [0.15, 0.2) is 5.82 Å². The summed E-state index contributed by atoms with van der Waals surface area (Å²) in [5.74, 6) is 0.705. The lowest BCUT2D eigenvalue weighted by Crippen LogP contribution is -1.96. The lowest BCUT2D eigenvalue weighted by Gasteiger charge is -2.11. The van der Waals surface area contributed by atoms with Gasteiger partial charge < -0.3 is 4.42 Å². The number of nitrogens with zero attached hydrogens (tertiary/aromatic N) is 2. The Balaban J connectivity index is 1.11. The molecule has 3 heteroatoms. The standard InChI is InChI=1S/C48H30N2O/c1-3-14-32(15-4-1)44-30-45(50-48(49-44)33-16-5-2-6-17-33)36-20-11-19-34(27-36)35-25-26-40-43-29-42(38-24-12-18-31-13-7-8-21-37(31)38)39-22-9-10-23-41(39)47(43)51-46(40)28-35/h1-30H. The molecule has 10 aromatic rings. The molecule has 0 unspecified atom stereocenters. The fourth-order valence-electron chi connectivity index (χ4n) is 7.39. The first kappa shape index (κ1) is 29.1. The van der Waals surface area contributed by atoms with Crippen LogP contribution >= 0.6 is 0 Å². The number of fused-ring (bicyclic) bond motifs is 6. The van der Waals surface area contributed by atoms with Gasteiger partial charge in [0.25, 0.3) is 0 Å². The second-order valence-corrected chi connectivity index (χ2v) is 13.0. The Hall–Kier alpha value is -6.84. The Labute approximate surface area is 295 Å². The molecule has 0 amide bonds. The fraction of sp³-hybridized carbons (Fsp3) is 0. The highest BCUT2D eigenvalue weighted by Gasteiger charge is 2.17. The zero-order valence-electron chi connectivity index (χ0n) is 27.6. The summed E-state index contributed by atoms with van der Waals surface area (Å²) in [5, 5.41) is 7.00. The molecule has 51 heavy (non-hydrogen) atoms. The van der Waals surface area contributed by atoms with Gasteiger partial charge in [0, 0.05) is 32.8 Å². The molecule has 0 saturated carbocycles. The van der Waals surface area contributed by atoms with Crippen molar-refractivity contribution in [2.45, 2.75) is 0 Å². The first-order valence-corrected chi connectivity index (χ1v) is 17.2. The third-order valence-corrected chi connectivity index (χ3v) is 9.88. The predicted molar refractivity (Wildman–Crippen MR) is 212 cm³/mol. The van der Waals surface area contributed by atoms with Crippen LogP contribution < -0.4 is 0 Å². The molecule has 2 aromatic heterocycles. The Kier molecular flexibility index (Phi) is 6.81. The second kappa shape index (κ2) is 11.9. The van der Waals surface area contributed by atoms with Crippen molar-refractivity contribution < 1.29 is 4.42 Å². The Bertz CT molecular complexity index is 2850. The van der Waals surface area contributed by atoms with E-state index in [1.165, 1.54) is 27.3 Å². The molecule has 3 nitrogen and oxygen atoms in total. The minimum Gasteiger partial charge on any atom is -0.455 e. The topological polar surface area (TPSA) is 38.9 Å². The molecule has 0 aliphatic carbocycles. The highest BCUT2D eigenvalue weighted by molar-refractivity contribution is 6.20. The molecule has 0 N–H and O–H groups in total. The van der Waals surface area contributed by atoms with Crippen LogP contribution in [0.3, 0.4) is 0 Å². The maximum atomic E-state index is 6.73. The molecule has 0 saturated heterocycles. The molecule has 0 atom stereocenters. The van der Waals surface area contributed by atoms with E-state index in [-0.39, 0.29) is 0 Å². The van der Waals surface area contributed by atoms with E-state index in [0.29, 0.717) is 5.82 Å². The molecule has 2 heterocycles. The highest BCUT2D eigenvalue weighted by atomic mass is 16.3. The summed E-state index contributed by atoms with van der Waals surface area (Å²) in [5.41, 5.74) is 11.2. The van der Waals surface area contributed by atoms with E-state index >= 15 is 0 Å². The number of benzene rings is 8. The average Bonchev–Trinajstić information content (AvgIpc) is 3.59. The van der Waals surface area contributed by atoms with Crippen LogP contribution in [0.1, 0.15) is 0 Å². The summed E-state index contributed by atoms with van der Waals surface area (Å²) in [6, 6.07) is 63.8. The van der Waals surface area contributed by atoms with Gasteiger partial charge in [-0.05, 0) is 68.7 Å². The molecule has 0 aliphatic rings. The number of hydrogen-bond donors (Lipinski definition) is 0. The normalized spacial score (nSPS) is 11.5. The summed E-state index contributed by atoms with van der Waals surface area (Å²) >= 11 is 0. The Morgan fingerprint density at radius 3 is 1.76 bits per heavy atom. The molecule has 0 bridgehead atoms. The maximum absolute atomic E-state index is 6.73. The molecule has 0 fully saturated rings. The van der Waals surface area contributed by atoms with Crippen LogP contribution in [-0.2, 0) is 0 Å². The van der Waals surface area contributed by atoms with Crippen LogP contribution in [0, 0.1) is 0 Å². The lowest BCUT2D eigenvalue weighted by molar-refractivity contribution is 0.673. The van der Waals surface area contributed by atoms with Crippen molar-refractivity contribution in [1.82, 2.24) is 9.97 Å². The SMILES string of the molecule is c1ccc(-c2cc(-c3cccc(-c4ccc5c(c4)oc4c6ccccc6c(-c6cccc7ccccc67)cc54)c3)nc(-c3ccccc3)n2)cc1. The average molecular weight is 651 g/mol. The highest BCUT2D eigenvalue weighted by Crippen LogP contribution is 2.42. The zero-order valence-corrected chi connectivity index (χ0v) is 27.6. The summed E-state index contributed by atoms with van der Waals surface area (Å²) in [7, 11) is 0. The van der Waals surface area contributed by atoms with Gasteiger partial charge in [-0.25, -0.2) is 9.97 Å². The van der Waals surface area contributed by atoms with Crippen molar-refractivity contribution >= 4 is 43.5 Å². The minimum atomic E-state index is 0.705. The summed E-state index contributed by atoms with van der Waals surface area (Å²) in [6.07, 6.45) is 0. The largest absolute Gasteiger partial charge is 0.455 e. The third-order valence-electron chi connectivity index (χ3n) is 9.88. The first-order chi connectivity index (χ1) is 25.3.